The van der Waals surface area contributed by atoms with Crippen LogP contribution < -0.4 is 0 Å². The Bertz CT molecular complexity index is 317. The van der Waals surface area contributed by atoms with Crippen LogP contribution in [0.5, 0.6) is 0 Å². The van der Waals surface area contributed by atoms with Gasteiger partial charge in [-0.2, -0.15) is 0 Å². The molecule has 18 heavy (non-hydrogen) atoms. The first-order valence-corrected chi connectivity index (χ1v) is 5.21. The highest BCUT2D eigenvalue weighted by Crippen LogP contribution is 1.99. The zero-order valence-corrected chi connectivity index (χ0v) is 10.9. The first kappa shape index (κ1) is 18.5. The van der Waals surface area contributed by atoms with Gasteiger partial charge in [-0.05, 0) is 13.3 Å². The topological polar surface area (TPSA) is 72.8 Å². The number of hydrogen-bond donors (Lipinski definition) is 1. The van der Waals surface area contributed by atoms with E-state index < -0.39 is 5.97 Å². The van der Waals surface area contributed by atoms with Gasteiger partial charge >= 0.3 is 11.9 Å². The molecule has 0 amide bonds. The molecule has 5 heteroatoms. The van der Waals surface area contributed by atoms with Gasteiger partial charge in [0.1, 0.15) is 6.61 Å². The molecule has 0 spiro atoms. The smallest absolute Gasteiger partial charge is 0.333 e. The number of hydrogen-bond acceptors (Lipinski definition) is 5. The predicted octanol–water partition coefficient (Wildman–Crippen LogP) is 1.39. The van der Waals surface area contributed by atoms with Crippen molar-refractivity contribution in [3.05, 3.63) is 37.0 Å². The molecule has 102 valence electrons. The summed E-state index contributed by atoms with van der Waals surface area (Å²) < 4.78 is 8.84. The lowest BCUT2D eigenvalue weighted by molar-refractivity contribution is -0.140. The van der Waals surface area contributed by atoms with Crippen molar-refractivity contribution in [2.45, 2.75) is 13.3 Å². The van der Waals surface area contributed by atoms with Crippen molar-refractivity contribution in [1.82, 2.24) is 0 Å². The number of aliphatic hydroxyl groups is 1. The lowest BCUT2D eigenvalue weighted by Gasteiger charge is -1.99. The fraction of sp³-hybridized carbons (Fsp3) is 0.385. The van der Waals surface area contributed by atoms with E-state index in [0.717, 1.165) is 0 Å². The summed E-state index contributed by atoms with van der Waals surface area (Å²) in [6, 6.07) is 0. The van der Waals surface area contributed by atoms with E-state index in [9.17, 15) is 9.59 Å². The summed E-state index contributed by atoms with van der Waals surface area (Å²) in [5, 5.41) is 8.19. The van der Waals surface area contributed by atoms with Gasteiger partial charge in [0, 0.05) is 11.1 Å². The van der Waals surface area contributed by atoms with Gasteiger partial charge in [-0.3, -0.25) is 0 Å². The Morgan fingerprint density at radius 2 is 1.83 bits per heavy atom. The fourth-order valence-electron chi connectivity index (χ4n) is 0.663. The molecule has 0 aromatic rings. The van der Waals surface area contributed by atoms with E-state index in [4.69, 9.17) is 5.11 Å². The monoisotopic (exact) mass is 256 g/mol. The van der Waals surface area contributed by atoms with Gasteiger partial charge in [0.25, 0.3) is 0 Å². The van der Waals surface area contributed by atoms with Crippen LogP contribution in [0.3, 0.4) is 0 Å². The van der Waals surface area contributed by atoms with Gasteiger partial charge in [0.05, 0.1) is 13.7 Å². The Balaban J connectivity index is 0. The maximum atomic E-state index is 10.5. The van der Waals surface area contributed by atoms with E-state index in [1.54, 1.807) is 13.0 Å². The van der Waals surface area contributed by atoms with Crippen molar-refractivity contribution in [1.29, 1.82) is 0 Å². The molecule has 0 aromatic carbocycles. The first-order valence-electron chi connectivity index (χ1n) is 5.21. The highest BCUT2D eigenvalue weighted by molar-refractivity contribution is 5.87. The van der Waals surface area contributed by atoms with E-state index in [2.05, 4.69) is 29.2 Å². The summed E-state index contributed by atoms with van der Waals surface area (Å²) in [5.41, 5.74) is 0.788. The Labute approximate surface area is 107 Å². The third-order valence-electron chi connectivity index (χ3n) is 1.54. The Morgan fingerprint density at radius 1 is 1.28 bits per heavy atom. The lowest BCUT2D eigenvalue weighted by Crippen LogP contribution is -2.08. The minimum Gasteiger partial charge on any atom is -0.466 e. The molecule has 0 aliphatic heterocycles. The van der Waals surface area contributed by atoms with Crippen LogP contribution in [0.2, 0.25) is 0 Å². The van der Waals surface area contributed by atoms with Crippen molar-refractivity contribution < 1.29 is 24.2 Å². The van der Waals surface area contributed by atoms with Crippen LogP contribution in [0.25, 0.3) is 0 Å². The third kappa shape index (κ3) is 10.6. The summed E-state index contributed by atoms with van der Waals surface area (Å²) in [4.78, 5) is 21.0. The maximum Gasteiger partial charge on any atom is 0.333 e. The van der Waals surface area contributed by atoms with E-state index in [1.807, 2.05) is 0 Å². The second kappa shape index (κ2) is 11.6. The molecule has 0 rings (SSSR count). The summed E-state index contributed by atoms with van der Waals surface area (Å²) in [7, 11) is 1.33. The molecule has 0 unspecified atom stereocenters. The molecule has 0 saturated carbocycles. The first-order chi connectivity index (χ1) is 8.40. The molecular weight excluding hydrogens is 236 g/mol. The average molecular weight is 256 g/mol. The number of allylic oxidation sites excluding steroid dienone is 1. The van der Waals surface area contributed by atoms with Crippen LogP contribution in [-0.2, 0) is 19.1 Å². The lowest BCUT2D eigenvalue weighted by atomic mass is 10.2. The van der Waals surface area contributed by atoms with Gasteiger partial charge in [-0.15, -0.1) is 6.58 Å². The number of carbonyl (C=O) groups excluding carboxylic acids is 2. The van der Waals surface area contributed by atoms with Gasteiger partial charge < -0.3 is 14.6 Å². The van der Waals surface area contributed by atoms with Gasteiger partial charge in [0.2, 0.25) is 0 Å². The Kier molecular flexibility index (Phi) is 11.9. The molecule has 0 bridgehead atoms. The van der Waals surface area contributed by atoms with Crippen LogP contribution in [0, 0.1) is 0 Å². The van der Waals surface area contributed by atoms with Crippen LogP contribution in [0.15, 0.2) is 37.0 Å². The summed E-state index contributed by atoms with van der Waals surface area (Å²) in [6.45, 7) is 11.7. The number of rotatable bonds is 6. The maximum absolute atomic E-state index is 10.5. The Morgan fingerprint density at radius 3 is 2.17 bits per heavy atom. The number of methoxy groups -OCH3 is 1. The minimum absolute atomic E-state index is 0.0473. The SMILES string of the molecule is C=C(C)C(=O)OCCO.C=CCC(=C)C(=O)OC. The Hall–Kier alpha value is -1.88. The van der Waals surface area contributed by atoms with E-state index >= 15 is 0 Å². The second-order valence-corrected chi connectivity index (χ2v) is 3.23. The van der Waals surface area contributed by atoms with Crippen LogP contribution in [0.1, 0.15) is 13.3 Å². The van der Waals surface area contributed by atoms with Crippen molar-refractivity contribution in [3.63, 3.8) is 0 Å². The number of aliphatic hydroxyl groups excluding tert-OH is 1. The van der Waals surface area contributed by atoms with Crippen LogP contribution >= 0.6 is 0 Å². The standard InChI is InChI=1S/C7H10O2.C6H10O3/c1-4-5-6(2)7(8)9-3;1-5(2)6(8)9-4-3-7/h4H,1-2,5H2,3H3;7H,1,3-4H2,2H3. The summed E-state index contributed by atoms with van der Waals surface area (Å²) in [6.07, 6.45) is 2.10. The summed E-state index contributed by atoms with van der Waals surface area (Å²) >= 11 is 0. The number of ether oxygens (including phenoxy) is 2. The van der Waals surface area contributed by atoms with Crippen LogP contribution in [-0.4, -0.2) is 37.4 Å². The number of esters is 2. The average Bonchev–Trinajstić information content (AvgIpc) is 2.35. The van der Waals surface area contributed by atoms with Crippen molar-refractivity contribution in [2.75, 3.05) is 20.3 Å². The molecule has 0 radical (unpaired) electrons. The van der Waals surface area contributed by atoms with Crippen LogP contribution in [0.4, 0.5) is 0 Å². The van der Waals surface area contributed by atoms with E-state index in [0.29, 0.717) is 17.6 Å². The summed E-state index contributed by atoms with van der Waals surface area (Å²) in [5.74, 6) is -0.820. The molecule has 0 aliphatic rings. The quantitative estimate of drug-likeness (QED) is 0.441. The van der Waals surface area contributed by atoms with Crippen molar-refractivity contribution in [2.24, 2.45) is 0 Å². The number of carbonyl (C=O) groups is 2. The molecular formula is C13H20O5. The van der Waals surface area contributed by atoms with E-state index in [1.165, 1.54) is 7.11 Å². The highest BCUT2D eigenvalue weighted by Gasteiger charge is 2.02. The molecule has 0 aliphatic carbocycles. The second-order valence-electron chi connectivity index (χ2n) is 3.23. The van der Waals surface area contributed by atoms with Crippen molar-refractivity contribution >= 4 is 11.9 Å². The molecule has 0 atom stereocenters. The third-order valence-corrected chi connectivity index (χ3v) is 1.54. The largest absolute Gasteiger partial charge is 0.466 e. The van der Waals surface area contributed by atoms with Gasteiger partial charge in [-0.1, -0.05) is 19.2 Å². The molecule has 1 N–H and O–H groups in total. The van der Waals surface area contributed by atoms with Crippen molar-refractivity contribution in [3.8, 4) is 0 Å². The zero-order chi connectivity index (χ0) is 14.6. The predicted molar refractivity (Wildman–Crippen MR) is 68.8 cm³/mol. The minimum atomic E-state index is -0.455. The molecule has 0 heterocycles. The van der Waals surface area contributed by atoms with Gasteiger partial charge in [0.15, 0.2) is 0 Å². The van der Waals surface area contributed by atoms with E-state index in [-0.39, 0.29) is 19.2 Å². The zero-order valence-electron chi connectivity index (χ0n) is 10.9. The molecule has 0 saturated heterocycles. The normalized spacial score (nSPS) is 8.39. The molecule has 5 nitrogen and oxygen atoms in total. The highest BCUT2D eigenvalue weighted by atomic mass is 16.5. The molecule has 0 aromatic heterocycles. The van der Waals surface area contributed by atoms with Gasteiger partial charge in [-0.25, -0.2) is 9.59 Å². The fourth-order valence-corrected chi connectivity index (χ4v) is 0.663. The molecule has 0 fully saturated rings.